The van der Waals surface area contributed by atoms with Crippen LogP contribution in [0.3, 0.4) is 0 Å². The van der Waals surface area contributed by atoms with Gasteiger partial charge in [0.2, 0.25) is 5.95 Å². The van der Waals surface area contributed by atoms with Gasteiger partial charge >= 0.3 is 0 Å². The number of amides is 1. The number of hydrogen-bond acceptors (Lipinski definition) is 8. The Morgan fingerprint density at radius 3 is 2.52 bits per heavy atom. The second-order valence-electron chi connectivity index (χ2n) is 6.90. The number of morpholine rings is 1. The maximum atomic E-state index is 12.7. The smallest absolute Gasteiger partial charge is 0.270 e. The van der Waals surface area contributed by atoms with Gasteiger partial charge in [0.25, 0.3) is 11.6 Å². The van der Waals surface area contributed by atoms with Crippen molar-refractivity contribution in [3.05, 3.63) is 52.2 Å². The van der Waals surface area contributed by atoms with Crippen molar-refractivity contribution in [2.75, 3.05) is 62.3 Å². The fourth-order valence-corrected chi connectivity index (χ4v) is 3.50. The third-order valence-corrected chi connectivity index (χ3v) is 5.12. The molecule has 10 nitrogen and oxygen atoms in total. The number of benzene rings is 1. The van der Waals surface area contributed by atoms with E-state index in [0.29, 0.717) is 50.9 Å². The minimum absolute atomic E-state index is 0.0777. The van der Waals surface area contributed by atoms with E-state index in [-0.39, 0.29) is 11.6 Å². The van der Waals surface area contributed by atoms with Crippen LogP contribution >= 0.6 is 0 Å². The Kier molecular flexibility index (Phi) is 5.52. The van der Waals surface area contributed by atoms with Crippen molar-refractivity contribution in [3.8, 4) is 0 Å². The highest BCUT2D eigenvalue weighted by Crippen LogP contribution is 2.20. The first-order chi connectivity index (χ1) is 14.1. The number of aromatic nitrogens is 2. The van der Waals surface area contributed by atoms with Gasteiger partial charge in [-0.1, -0.05) is 6.07 Å². The summed E-state index contributed by atoms with van der Waals surface area (Å²) in [5.74, 6) is 1.34. The molecule has 2 fully saturated rings. The van der Waals surface area contributed by atoms with Crippen LogP contribution in [0.25, 0.3) is 0 Å². The van der Waals surface area contributed by atoms with Gasteiger partial charge in [-0.25, -0.2) is 4.98 Å². The normalized spacial score (nSPS) is 17.3. The SMILES string of the molecule is O=C(c1cccc([N+](=O)[O-])c1)N1CCN(c2ccnc(N3CCOCC3)n2)CC1. The van der Waals surface area contributed by atoms with Gasteiger partial charge in [-0.2, -0.15) is 4.98 Å². The van der Waals surface area contributed by atoms with E-state index in [1.807, 2.05) is 6.07 Å². The van der Waals surface area contributed by atoms with Gasteiger partial charge < -0.3 is 19.4 Å². The number of hydrogen-bond donors (Lipinski definition) is 0. The van der Waals surface area contributed by atoms with Gasteiger partial charge in [0.1, 0.15) is 5.82 Å². The molecular weight excluding hydrogens is 376 g/mol. The minimum Gasteiger partial charge on any atom is -0.378 e. The molecule has 0 saturated carbocycles. The first-order valence-corrected chi connectivity index (χ1v) is 9.56. The lowest BCUT2D eigenvalue weighted by molar-refractivity contribution is -0.384. The number of non-ortho nitro benzene ring substituents is 1. The summed E-state index contributed by atoms with van der Waals surface area (Å²) < 4.78 is 5.38. The molecule has 3 heterocycles. The van der Waals surface area contributed by atoms with Crippen LogP contribution in [-0.4, -0.2) is 78.2 Å². The van der Waals surface area contributed by atoms with E-state index in [1.165, 1.54) is 18.2 Å². The van der Waals surface area contributed by atoms with E-state index in [2.05, 4.69) is 19.8 Å². The Morgan fingerprint density at radius 2 is 1.79 bits per heavy atom. The van der Waals surface area contributed by atoms with Crippen LogP contribution in [-0.2, 0) is 4.74 Å². The lowest BCUT2D eigenvalue weighted by Gasteiger charge is -2.36. The maximum absolute atomic E-state index is 12.7. The molecule has 1 aromatic heterocycles. The Bertz CT molecular complexity index is 894. The van der Waals surface area contributed by atoms with Crippen LogP contribution in [0.15, 0.2) is 36.5 Å². The number of carbonyl (C=O) groups excluding carboxylic acids is 1. The number of carbonyl (C=O) groups is 1. The molecule has 2 aliphatic rings. The monoisotopic (exact) mass is 398 g/mol. The van der Waals surface area contributed by atoms with Crippen LogP contribution in [0, 0.1) is 10.1 Å². The zero-order valence-electron chi connectivity index (χ0n) is 15.9. The molecule has 2 aliphatic heterocycles. The van der Waals surface area contributed by atoms with Crippen molar-refractivity contribution in [1.29, 1.82) is 0 Å². The van der Waals surface area contributed by atoms with Crippen molar-refractivity contribution in [2.24, 2.45) is 0 Å². The Labute approximate surface area is 167 Å². The largest absolute Gasteiger partial charge is 0.378 e. The van der Waals surface area contributed by atoms with E-state index in [9.17, 15) is 14.9 Å². The van der Waals surface area contributed by atoms with E-state index >= 15 is 0 Å². The van der Waals surface area contributed by atoms with Crippen molar-refractivity contribution >= 4 is 23.4 Å². The van der Waals surface area contributed by atoms with E-state index in [4.69, 9.17) is 4.74 Å². The lowest BCUT2D eigenvalue weighted by Crippen LogP contribution is -2.49. The van der Waals surface area contributed by atoms with Crippen molar-refractivity contribution < 1.29 is 14.5 Å². The Hall–Kier alpha value is -3.27. The topological polar surface area (TPSA) is 105 Å². The summed E-state index contributed by atoms with van der Waals surface area (Å²) in [6, 6.07) is 7.74. The zero-order valence-corrected chi connectivity index (χ0v) is 15.9. The van der Waals surface area contributed by atoms with Crippen LogP contribution in [0.1, 0.15) is 10.4 Å². The van der Waals surface area contributed by atoms with Gasteiger partial charge in [0, 0.05) is 63.2 Å². The highest BCUT2D eigenvalue weighted by Gasteiger charge is 2.24. The summed E-state index contributed by atoms with van der Waals surface area (Å²) in [7, 11) is 0. The summed E-state index contributed by atoms with van der Waals surface area (Å²) in [6.45, 7) is 5.22. The molecule has 0 aliphatic carbocycles. The first-order valence-electron chi connectivity index (χ1n) is 9.56. The molecule has 0 spiro atoms. The molecule has 0 N–H and O–H groups in total. The number of piperazine rings is 1. The fraction of sp³-hybridized carbons (Fsp3) is 0.421. The van der Waals surface area contributed by atoms with Gasteiger partial charge in [-0.3, -0.25) is 14.9 Å². The molecule has 152 valence electrons. The number of nitro groups is 1. The fourth-order valence-electron chi connectivity index (χ4n) is 3.50. The second kappa shape index (κ2) is 8.39. The lowest BCUT2D eigenvalue weighted by atomic mass is 10.1. The van der Waals surface area contributed by atoms with E-state index in [0.717, 1.165) is 18.9 Å². The Balaban J connectivity index is 1.40. The van der Waals surface area contributed by atoms with Crippen molar-refractivity contribution in [2.45, 2.75) is 0 Å². The molecule has 2 saturated heterocycles. The summed E-state index contributed by atoms with van der Waals surface area (Å²) in [5, 5.41) is 10.9. The molecule has 1 aromatic carbocycles. The van der Waals surface area contributed by atoms with Gasteiger partial charge in [0.15, 0.2) is 0 Å². The molecule has 10 heteroatoms. The third-order valence-electron chi connectivity index (χ3n) is 5.12. The predicted octanol–water partition coefficient (Wildman–Crippen LogP) is 1.18. The number of rotatable bonds is 4. The third kappa shape index (κ3) is 4.27. The van der Waals surface area contributed by atoms with Gasteiger partial charge in [-0.15, -0.1) is 0 Å². The van der Waals surface area contributed by atoms with Gasteiger partial charge in [0.05, 0.1) is 18.1 Å². The Morgan fingerprint density at radius 1 is 1.03 bits per heavy atom. The number of anilines is 2. The van der Waals surface area contributed by atoms with Crippen LogP contribution in [0.4, 0.5) is 17.5 Å². The second-order valence-corrected chi connectivity index (χ2v) is 6.90. The van der Waals surface area contributed by atoms with Crippen molar-refractivity contribution in [1.82, 2.24) is 14.9 Å². The molecule has 1 amide bonds. The van der Waals surface area contributed by atoms with Gasteiger partial charge in [-0.05, 0) is 12.1 Å². The maximum Gasteiger partial charge on any atom is 0.270 e. The molecule has 0 radical (unpaired) electrons. The average Bonchev–Trinajstić information content (AvgIpc) is 2.79. The highest BCUT2D eigenvalue weighted by molar-refractivity contribution is 5.95. The summed E-state index contributed by atoms with van der Waals surface area (Å²) in [6.07, 6.45) is 1.76. The first kappa shape index (κ1) is 19.1. The minimum atomic E-state index is -0.490. The average molecular weight is 398 g/mol. The van der Waals surface area contributed by atoms with Crippen LogP contribution in [0.5, 0.6) is 0 Å². The number of nitrogens with zero attached hydrogens (tertiary/aromatic N) is 6. The molecule has 0 atom stereocenters. The molecule has 4 rings (SSSR count). The summed E-state index contributed by atoms with van der Waals surface area (Å²) in [4.78, 5) is 38.2. The zero-order chi connectivity index (χ0) is 20.2. The predicted molar refractivity (Wildman–Crippen MR) is 106 cm³/mol. The van der Waals surface area contributed by atoms with Crippen LogP contribution in [0.2, 0.25) is 0 Å². The number of ether oxygens (including phenoxy) is 1. The molecular formula is C19H22N6O4. The number of nitro benzene ring substituents is 1. The van der Waals surface area contributed by atoms with Crippen molar-refractivity contribution in [3.63, 3.8) is 0 Å². The standard InChI is InChI=1S/C19H22N6O4/c26-18(15-2-1-3-16(14-15)25(27)28)23-8-6-22(7-9-23)17-4-5-20-19(21-17)24-10-12-29-13-11-24/h1-5,14H,6-13H2. The van der Waals surface area contributed by atoms with Crippen LogP contribution < -0.4 is 9.80 Å². The van der Waals surface area contributed by atoms with E-state index < -0.39 is 4.92 Å². The quantitative estimate of drug-likeness (QED) is 0.559. The summed E-state index contributed by atoms with van der Waals surface area (Å²) >= 11 is 0. The van der Waals surface area contributed by atoms with E-state index in [1.54, 1.807) is 17.2 Å². The molecule has 29 heavy (non-hydrogen) atoms. The molecule has 0 unspecified atom stereocenters. The summed E-state index contributed by atoms with van der Waals surface area (Å²) in [5.41, 5.74) is 0.260. The molecule has 2 aromatic rings. The molecule has 0 bridgehead atoms. The highest BCUT2D eigenvalue weighted by atomic mass is 16.6.